The number of hydrogen-bond donors (Lipinski definition) is 0. The lowest BCUT2D eigenvalue weighted by Crippen LogP contribution is -2.44. The summed E-state index contributed by atoms with van der Waals surface area (Å²) < 4.78 is 18.2. The van der Waals surface area contributed by atoms with E-state index in [4.69, 9.17) is 13.9 Å². The molecule has 0 bridgehead atoms. The molecule has 3 atom stereocenters. The van der Waals surface area contributed by atoms with Crippen LogP contribution in [0.3, 0.4) is 0 Å². The van der Waals surface area contributed by atoms with Gasteiger partial charge in [0.15, 0.2) is 14.1 Å². The molecule has 0 spiro atoms. The van der Waals surface area contributed by atoms with Gasteiger partial charge in [-0.15, -0.1) is 6.58 Å². The molecule has 1 aliphatic heterocycles. The van der Waals surface area contributed by atoms with Gasteiger partial charge in [-0.3, -0.25) is 0 Å². The molecule has 0 aliphatic carbocycles. The molecule has 0 amide bonds. The topological polar surface area (TPSA) is 27.7 Å². The highest BCUT2D eigenvalue weighted by atomic mass is 28.4. The average molecular weight is 301 g/mol. The minimum Gasteiger partial charge on any atom is -0.414 e. The van der Waals surface area contributed by atoms with Crippen molar-refractivity contribution in [3.63, 3.8) is 0 Å². The fraction of sp³-hybridized carbons (Fsp3) is 0.875. The largest absolute Gasteiger partial charge is 0.414 e. The van der Waals surface area contributed by atoms with Crippen LogP contribution in [-0.2, 0) is 13.9 Å². The molecule has 0 aromatic carbocycles. The molecule has 0 unspecified atom stereocenters. The van der Waals surface area contributed by atoms with E-state index in [1.807, 2.05) is 19.9 Å². The van der Waals surface area contributed by atoms with Gasteiger partial charge in [-0.25, -0.2) is 0 Å². The van der Waals surface area contributed by atoms with E-state index >= 15 is 0 Å². The summed E-state index contributed by atoms with van der Waals surface area (Å²) in [6.07, 6.45) is 2.82. The van der Waals surface area contributed by atoms with Crippen LogP contribution in [0.15, 0.2) is 12.7 Å². The monoisotopic (exact) mass is 300 g/mol. The van der Waals surface area contributed by atoms with Crippen LogP contribution >= 0.6 is 0 Å². The lowest BCUT2D eigenvalue weighted by Gasteiger charge is -2.39. The highest BCUT2D eigenvalue weighted by Crippen LogP contribution is 2.38. The standard InChI is InChI=1S/C16H32O3Si/c1-10-13-14(18-16(6,7)17-13)11-12(2)19-20(8,9)15(3,4)5/h10,12-14H,1,11H2,2-9H3/t12-,13+,14-/m1/s1. The molecular formula is C16H32O3Si. The van der Waals surface area contributed by atoms with Crippen molar-refractivity contribution in [2.45, 2.75) is 90.2 Å². The van der Waals surface area contributed by atoms with Crippen LogP contribution in [0.1, 0.15) is 48.0 Å². The summed E-state index contributed by atoms with van der Waals surface area (Å²) in [7, 11) is -1.73. The first-order chi connectivity index (χ1) is 8.88. The number of rotatable bonds is 5. The van der Waals surface area contributed by atoms with Crippen LogP contribution in [0.2, 0.25) is 18.1 Å². The molecule has 118 valence electrons. The van der Waals surface area contributed by atoms with E-state index < -0.39 is 14.1 Å². The fourth-order valence-electron chi connectivity index (χ4n) is 2.30. The first-order valence-electron chi connectivity index (χ1n) is 7.54. The van der Waals surface area contributed by atoms with Gasteiger partial charge in [0.2, 0.25) is 0 Å². The average Bonchev–Trinajstić information content (AvgIpc) is 2.50. The Morgan fingerprint density at radius 3 is 2.30 bits per heavy atom. The third kappa shape index (κ3) is 4.42. The normalized spacial score (nSPS) is 28.4. The Bertz CT molecular complexity index is 344. The van der Waals surface area contributed by atoms with Crippen LogP contribution in [0, 0.1) is 0 Å². The van der Waals surface area contributed by atoms with Crippen LogP contribution in [0.25, 0.3) is 0 Å². The van der Waals surface area contributed by atoms with Crippen molar-refractivity contribution in [2.75, 3.05) is 0 Å². The number of ether oxygens (including phenoxy) is 2. The van der Waals surface area contributed by atoms with Gasteiger partial charge in [-0.1, -0.05) is 26.8 Å². The van der Waals surface area contributed by atoms with E-state index in [0.717, 1.165) is 6.42 Å². The Labute approximate surface area is 125 Å². The molecule has 0 N–H and O–H groups in total. The van der Waals surface area contributed by atoms with Gasteiger partial charge in [0.1, 0.15) is 6.10 Å². The zero-order valence-corrected chi connectivity index (χ0v) is 15.4. The SMILES string of the molecule is C=C[C@@H]1OC(C)(C)O[C@@H]1C[C@@H](C)O[Si](C)(C)C(C)(C)C. The van der Waals surface area contributed by atoms with Gasteiger partial charge in [-0.2, -0.15) is 0 Å². The van der Waals surface area contributed by atoms with E-state index in [-0.39, 0.29) is 23.4 Å². The van der Waals surface area contributed by atoms with E-state index in [0.29, 0.717) is 0 Å². The molecule has 0 radical (unpaired) electrons. The Morgan fingerprint density at radius 1 is 1.30 bits per heavy atom. The summed E-state index contributed by atoms with van der Waals surface area (Å²) in [5.41, 5.74) is 0. The number of hydrogen-bond acceptors (Lipinski definition) is 3. The molecule has 0 aromatic heterocycles. The zero-order chi connectivity index (χ0) is 15.8. The highest BCUT2D eigenvalue weighted by molar-refractivity contribution is 6.74. The fourth-order valence-corrected chi connectivity index (χ4v) is 3.76. The maximum atomic E-state index is 6.39. The minimum absolute atomic E-state index is 0.0299. The predicted molar refractivity (Wildman–Crippen MR) is 86.4 cm³/mol. The first kappa shape index (κ1) is 17.9. The van der Waals surface area contributed by atoms with Crippen LogP contribution < -0.4 is 0 Å². The molecule has 20 heavy (non-hydrogen) atoms. The Hall–Kier alpha value is -0.163. The molecule has 3 nitrogen and oxygen atoms in total. The third-order valence-corrected chi connectivity index (χ3v) is 8.92. The van der Waals surface area contributed by atoms with Gasteiger partial charge >= 0.3 is 0 Å². The quantitative estimate of drug-likeness (QED) is 0.553. The Kier molecular flexibility index (Phi) is 5.29. The lowest BCUT2D eigenvalue weighted by atomic mass is 10.1. The van der Waals surface area contributed by atoms with E-state index in [1.165, 1.54) is 0 Å². The molecule has 4 heteroatoms. The van der Waals surface area contributed by atoms with E-state index in [2.05, 4.69) is 47.4 Å². The second kappa shape index (κ2) is 5.91. The smallest absolute Gasteiger partial charge is 0.192 e. The molecule has 1 saturated heterocycles. The van der Waals surface area contributed by atoms with Crippen molar-refractivity contribution in [1.82, 2.24) is 0 Å². The van der Waals surface area contributed by atoms with Crippen molar-refractivity contribution in [2.24, 2.45) is 0 Å². The molecule has 1 aliphatic rings. The molecule has 0 aromatic rings. The zero-order valence-electron chi connectivity index (χ0n) is 14.4. The summed E-state index contributed by atoms with van der Waals surface area (Å²) in [4.78, 5) is 0. The van der Waals surface area contributed by atoms with Gasteiger partial charge in [0.25, 0.3) is 0 Å². The first-order valence-corrected chi connectivity index (χ1v) is 10.4. The predicted octanol–water partition coefficient (Wildman–Crippen LogP) is 4.49. The van der Waals surface area contributed by atoms with Crippen LogP contribution in [0.4, 0.5) is 0 Å². The highest BCUT2D eigenvalue weighted by Gasteiger charge is 2.42. The van der Waals surface area contributed by atoms with Crippen LogP contribution in [0.5, 0.6) is 0 Å². The summed E-state index contributed by atoms with van der Waals surface area (Å²) in [6.45, 7) is 21.2. The summed E-state index contributed by atoms with van der Waals surface area (Å²) in [5, 5.41) is 0.228. The van der Waals surface area contributed by atoms with Gasteiger partial charge in [0.05, 0.1) is 6.10 Å². The Morgan fingerprint density at radius 2 is 1.85 bits per heavy atom. The van der Waals surface area contributed by atoms with Crippen molar-refractivity contribution >= 4 is 8.32 Å². The summed E-state index contributed by atoms with van der Waals surface area (Å²) in [6, 6.07) is 0. The van der Waals surface area contributed by atoms with Crippen molar-refractivity contribution in [3.05, 3.63) is 12.7 Å². The minimum atomic E-state index is -1.73. The maximum Gasteiger partial charge on any atom is 0.192 e. The van der Waals surface area contributed by atoms with Crippen LogP contribution in [-0.4, -0.2) is 32.4 Å². The molecular weight excluding hydrogens is 268 g/mol. The van der Waals surface area contributed by atoms with Gasteiger partial charge in [0, 0.05) is 12.5 Å². The van der Waals surface area contributed by atoms with Gasteiger partial charge < -0.3 is 13.9 Å². The summed E-state index contributed by atoms with van der Waals surface area (Å²) >= 11 is 0. The van der Waals surface area contributed by atoms with Crippen molar-refractivity contribution < 1.29 is 13.9 Å². The Balaban J connectivity index is 2.63. The molecule has 1 heterocycles. The molecule has 1 rings (SSSR count). The lowest BCUT2D eigenvalue weighted by molar-refractivity contribution is -0.145. The molecule has 0 saturated carbocycles. The van der Waals surface area contributed by atoms with Crippen molar-refractivity contribution in [1.29, 1.82) is 0 Å². The second-order valence-corrected chi connectivity index (χ2v) is 12.6. The maximum absolute atomic E-state index is 6.39. The van der Waals surface area contributed by atoms with Gasteiger partial charge in [-0.05, 0) is 38.9 Å². The second-order valence-electron chi connectivity index (χ2n) is 7.80. The molecule has 1 fully saturated rings. The van der Waals surface area contributed by atoms with E-state index in [1.54, 1.807) is 0 Å². The summed E-state index contributed by atoms with van der Waals surface area (Å²) in [5.74, 6) is -0.528. The van der Waals surface area contributed by atoms with Crippen molar-refractivity contribution in [3.8, 4) is 0 Å². The van der Waals surface area contributed by atoms with E-state index in [9.17, 15) is 0 Å². The third-order valence-electron chi connectivity index (χ3n) is 4.32.